The number of hydrogen-bond acceptors (Lipinski definition) is 3. The Morgan fingerprint density at radius 1 is 1.28 bits per heavy atom. The fourth-order valence-corrected chi connectivity index (χ4v) is 1.84. The van der Waals surface area contributed by atoms with Gasteiger partial charge in [0.1, 0.15) is 0 Å². The van der Waals surface area contributed by atoms with Crippen LogP contribution in [0.3, 0.4) is 0 Å². The maximum absolute atomic E-state index is 11.3. The largest absolute Gasteiger partial charge is 0.356 e. The van der Waals surface area contributed by atoms with E-state index in [9.17, 15) is 13.2 Å². The predicted molar refractivity (Wildman–Crippen MR) is 67.8 cm³/mol. The molecule has 1 aromatic rings. The maximum atomic E-state index is 11.3. The number of rotatable bonds is 5. The van der Waals surface area contributed by atoms with Crippen molar-refractivity contribution in [2.75, 3.05) is 6.54 Å². The third-order valence-corrected chi connectivity index (χ3v) is 3.33. The minimum atomic E-state index is -4.13. The molecule has 0 aliphatic carbocycles. The van der Waals surface area contributed by atoms with Gasteiger partial charge in [0.05, 0.1) is 4.90 Å². The number of benzene rings is 1. The minimum Gasteiger partial charge on any atom is -0.356 e. The summed E-state index contributed by atoms with van der Waals surface area (Å²) >= 11 is 0. The van der Waals surface area contributed by atoms with E-state index in [1.165, 1.54) is 12.1 Å². The summed E-state index contributed by atoms with van der Waals surface area (Å²) in [4.78, 5) is 11.2. The fraction of sp³-hybridized carbons (Fsp3) is 0.417. The molecule has 0 fully saturated rings. The second-order valence-electron chi connectivity index (χ2n) is 4.31. The Balaban J connectivity index is 2.53. The van der Waals surface area contributed by atoms with Gasteiger partial charge in [-0.15, -0.1) is 0 Å². The highest BCUT2D eigenvalue weighted by molar-refractivity contribution is 7.85. The lowest BCUT2D eigenvalue weighted by atomic mass is 10.1. The van der Waals surface area contributed by atoms with Gasteiger partial charge in [0.15, 0.2) is 0 Å². The lowest BCUT2D eigenvalue weighted by Crippen LogP contribution is -2.29. The van der Waals surface area contributed by atoms with Gasteiger partial charge in [-0.25, -0.2) is 0 Å². The van der Waals surface area contributed by atoms with Crippen molar-refractivity contribution in [3.63, 3.8) is 0 Å². The first-order valence-corrected chi connectivity index (χ1v) is 7.09. The van der Waals surface area contributed by atoms with Crippen LogP contribution in [0.2, 0.25) is 0 Å². The van der Waals surface area contributed by atoms with Gasteiger partial charge in [0.25, 0.3) is 10.1 Å². The normalized spacial score (nSPS) is 11.6. The molecule has 1 aromatic carbocycles. The van der Waals surface area contributed by atoms with Gasteiger partial charge < -0.3 is 5.32 Å². The third kappa shape index (κ3) is 4.46. The molecule has 0 saturated heterocycles. The standard InChI is InChI=1S/C12H17NO4S/c1-9(2)12(14)13-8-7-10-3-5-11(6-4-10)18(15,16)17/h3-6,9H,7-8H2,1-2H3,(H,13,14)(H,15,16,17). The molecule has 0 bridgehead atoms. The zero-order valence-electron chi connectivity index (χ0n) is 10.4. The number of carbonyl (C=O) groups is 1. The zero-order valence-corrected chi connectivity index (χ0v) is 11.2. The molecule has 0 aliphatic rings. The summed E-state index contributed by atoms with van der Waals surface area (Å²) in [5, 5.41) is 2.77. The second kappa shape index (κ2) is 5.97. The van der Waals surface area contributed by atoms with Crippen LogP contribution >= 0.6 is 0 Å². The van der Waals surface area contributed by atoms with E-state index in [2.05, 4.69) is 5.32 Å². The molecule has 6 heteroatoms. The Bertz CT molecular complexity index is 505. The SMILES string of the molecule is CC(C)C(=O)NCCc1ccc(S(=O)(=O)O)cc1. The highest BCUT2D eigenvalue weighted by atomic mass is 32.2. The van der Waals surface area contributed by atoms with E-state index >= 15 is 0 Å². The molecular formula is C12H17NO4S. The van der Waals surface area contributed by atoms with Crippen LogP contribution in [0.5, 0.6) is 0 Å². The summed E-state index contributed by atoms with van der Waals surface area (Å²) < 4.78 is 30.4. The van der Waals surface area contributed by atoms with Crippen LogP contribution in [0.25, 0.3) is 0 Å². The van der Waals surface area contributed by atoms with E-state index < -0.39 is 10.1 Å². The van der Waals surface area contributed by atoms with Crippen LogP contribution in [0, 0.1) is 5.92 Å². The average Bonchev–Trinajstić information content (AvgIpc) is 2.28. The van der Waals surface area contributed by atoms with E-state index in [1.54, 1.807) is 12.1 Å². The van der Waals surface area contributed by atoms with Crippen molar-refractivity contribution in [2.24, 2.45) is 5.92 Å². The molecule has 18 heavy (non-hydrogen) atoms. The summed E-state index contributed by atoms with van der Waals surface area (Å²) in [6.07, 6.45) is 0.615. The Morgan fingerprint density at radius 3 is 2.28 bits per heavy atom. The quantitative estimate of drug-likeness (QED) is 0.789. The first kappa shape index (κ1) is 14.7. The van der Waals surface area contributed by atoms with E-state index in [0.717, 1.165) is 5.56 Å². The molecule has 2 N–H and O–H groups in total. The zero-order chi connectivity index (χ0) is 13.8. The minimum absolute atomic E-state index is 0.00967. The van der Waals surface area contributed by atoms with Crippen molar-refractivity contribution in [1.29, 1.82) is 0 Å². The van der Waals surface area contributed by atoms with E-state index in [0.29, 0.717) is 13.0 Å². The summed E-state index contributed by atoms with van der Waals surface area (Å²) in [6, 6.07) is 5.92. The maximum Gasteiger partial charge on any atom is 0.294 e. The van der Waals surface area contributed by atoms with Crippen molar-refractivity contribution >= 4 is 16.0 Å². The Hall–Kier alpha value is -1.40. The predicted octanol–water partition coefficient (Wildman–Crippen LogP) is 1.25. The molecule has 0 saturated carbocycles. The third-order valence-electron chi connectivity index (χ3n) is 2.46. The first-order chi connectivity index (χ1) is 8.30. The van der Waals surface area contributed by atoms with Crippen molar-refractivity contribution in [3.05, 3.63) is 29.8 Å². The summed E-state index contributed by atoms with van der Waals surface area (Å²) in [6.45, 7) is 4.13. The van der Waals surface area contributed by atoms with Gasteiger partial charge in [-0.1, -0.05) is 26.0 Å². The Labute approximate surface area is 107 Å². The fourth-order valence-electron chi connectivity index (χ4n) is 1.36. The molecule has 1 amide bonds. The lowest BCUT2D eigenvalue weighted by molar-refractivity contribution is -0.123. The smallest absolute Gasteiger partial charge is 0.294 e. The number of hydrogen-bond donors (Lipinski definition) is 2. The second-order valence-corrected chi connectivity index (χ2v) is 5.74. The van der Waals surface area contributed by atoms with Crippen LogP contribution in [0.4, 0.5) is 0 Å². The highest BCUT2D eigenvalue weighted by Crippen LogP contribution is 2.10. The Kier molecular flexibility index (Phi) is 4.86. The van der Waals surface area contributed by atoms with Crippen LogP contribution in [-0.4, -0.2) is 25.4 Å². The molecular weight excluding hydrogens is 254 g/mol. The Morgan fingerprint density at radius 2 is 1.83 bits per heavy atom. The molecule has 0 radical (unpaired) electrons. The summed E-state index contributed by atoms with van der Waals surface area (Å²) in [5.74, 6) is -0.0588. The lowest BCUT2D eigenvalue weighted by Gasteiger charge is -2.07. The van der Waals surface area contributed by atoms with Gasteiger partial charge in [-0.3, -0.25) is 9.35 Å². The van der Waals surface area contributed by atoms with E-state index in [-0.39, 0.29) is 16.7 Å². The molecule has 5 nitrogen and oxygen atoms in total. The van der Waals surface area contributed by atoms with Crippen LogP contribution < -0.4 is 5.32 Å². The molecule has 0 spiro atoms. The topological polar surface area (TPSA) is 83.5 Å². The number of nitrogens with one attached hydrogen (secondary N) is 1. The molecule has 0 heterocycles. The molecule has 0 unspecified atom stereocenters. The molecule has 0 atom stereocenters. The van der Waals surface area contributed by atoms with Gasteiger partial charge in [0, 0.05) is 12.5 Å². The first-order valence-electron chi connectivity index (χ1n) is 5.65. The van der Waals surface area contributed by atoms with Crippen LogP contribution in [-0.2, 0) is 21.3 Å². The van der Waals surface area contributed by atoms with Crippen molar-refractivity contribution in [1.82, 2.24) is 5.32 Å². The van der Waals surface area contributed by atoms with Crippen LogP contribution in [0.1, 0.15) is 19.4 Å². The van der Waals surface area contributed by atoms with Gasteiger partial charge in [0.2, 0.25) is 5.91 Å². The van der Waals surface area contributed by atoms with Crippen LogP contribution in [0.15, 0.2) is 29.2 Å². The van der Waals surface area contributed by atoms with Crippen molar-refractivity contribution < 1.29 is 17.8 Å². The number of amides is 1. The van der Waals surface area contributed by atoms with Crippen molar-refractivity contribution in [2.45, 2.75) is 25.2 Å². The molecule has 1 rings (SSSR count). The molecule has 0 aliphatic heterocycles. The average molecular weight is 271 g/mol. The van der Waals surface area contributed by atoms with Gasteiger partial charge in [-0.05, 0) is 24.1 Å². The van der Waals surface area contributed by atoms with E-state index in [4.69, 9.17) is 4.55 Å². The number of carbonyl (C=O) groups excluding carboxylic acids is 1. The van der Waals surface area contributed by atoms with Gasteiger partial charge >= 0.3 is 0 Å². The van der Waals surface area contributed by atoms with Gasteiger partial charge in [-0.2, -0.15) is 8.42 Å². The van der Waals surface area contributed by atoms with E-state index in [1.807, 2.05) is 13.8 Å². The monoisotopic (exact) mass is 271 g/mol. The highest BCUT2D eigenvalue weighted by Gasteiger charge is 2.09. The molecule has 0 aromatic heterocycles. The summed E-state index contributed by atoms with van der Waals surface area (Å²) in [5.41, 5.74) is 0.895. The summed E-state index contributed by atoms with van der Waals surface area (Å²) in [7, 11) is -4.13. The molecule has 100 valence electrons. The van der Waals surface area contributed by atoms with Crippen molar-refractivity contribution in [3.8, 4) is 0 Å².